The Morgan fingerprint density at radius 1 is 1.26 bits per heavy atom. The summed E-state index contributed by atoms with van der Waals surface area (Å²) in [5.41, 5.74) is 6.24. The Hall–Kier alpha value is -2.65. The van der Waals surface area contributed by atoms with Crippen molar-refractivity contribution in [3.05, 3.63) is 65.2 Å². The summed E-state index contributed by atoms with van der Waals surface area (Å²) < 4.78 is 13.1. The maximum Gasteiger partial charge on any atom is 0.236 e. The van der Waals surface area contributed by atoms with Crippen molar-refractivity contribution in [1.29, 1.82) is 0 Å². The maximum absolute atomic E-state index is 13.7. The second-order valence-electron chi connectivity index (χ2n) is 8.81. The summed E-state index contributed by atoms with van der Waals surface area (Å²) in [6.07, 6.45) is 6.36. The lowest BCUT2D eigenvalue weighted by atomic mass is 9.79. The average Bonchev–Trinajstić information content (AvgIpc) is 3.24. The minimum atomic E-state index is -0.676. The number of hydrogen-bond acceptors (Lipinski definition) is 8. The minimum absolute atomic E-state index is 0.0861. The maximum atomic E-state index is 13.7. The van der Waals surface area contributed by atoms with Crippen molar-refractivity contribution in [3.8, 4) is 0 Å². The number of ether oxygens (including phenoxy) is 1. The number of pyridine rings is 1. The van der Waals surface area contributed by atoms with Gasteiger partial charge in [-0.25, -0.2) is 5.06 Å². The molecule has 176 valence electrons. The predicted octanol–water partition coefficient (Wildman–Crippen LogP) is 3.51. The Balaban J connectivity index is 1.19. The first kappa shape index (κ1) is 21.9. The summed E-state index contributed by atoms with van der Waals surface area (Å²) in [4.78, 5) is 21.9. The number of carbonyl (C=O) groups excluding carboxylic acids is 1. The number of benzene rings is 1. The fraction of sp³-hybridized carbons (Fsp3) is 0.348. The van der Waals surface area contributed by atoms with Crippen LogP contribution >= 0.6 is 21.4 Å². The molecule has 9 nitrogen and oxygen atoms in total. The zero-order valence-electron chi connectivity index (χ0n) is 19.0. The molecule has 6 rings (SSSR count). The molecule has 0 N–H and O–H groups in total. The standard InChI is InChI=1S/C23H25N6O3PS/c1-15-3-4-17(10-24-15)23(7-8-31-14-23)22(30)26-11-16-12-27(25-19(16)13-26)29(33)18-5-6-20-21(9-18)28(20)32-34-2/h3-6,9-10,12H,7-8,11,13-14,33H2,1-2H3. The number of rotatable bonds is 6. The predicted molar refractivity (Wildman–Crippen MR) is 133 cm³/mol. The van der Waals surface area contributed by atoms with Crippen LogP contribution in [0.1, 0.15) is 28.9 Å². The van der Waals surface area contributed by atoms with Crippen LogP contribution < -0.4 is 9.84 Å². The van der Waals surface area contributed by atoms with Crippen LogP contribution in [0.15, 0.2) is 42.7 Å². The van der Waals surface area contributed by atoms with Crippen LogP contribution in [-0.2, 0) is 32.3 Å². The van der Waals surface area contributed by atoms with Gasteiger partial charge in [0.2, 0.25) is 5.91 Å². The smallest absolute Gasteiger partial charge is 0.236 e. The van der Waals surface area contributed by atoms with Crippen LogP contribution in [0.5, 0.6) is 0 Å². The second-order valence-corrected chi connectivity index (χ2v) is 9.78. The summed E-state index contributed by atoms with van der Waals surface area (Å²) in [5, 5.41) is 6.57. The highest BCUT2D eigenvalue weighted by Crippen LogP contribution is 2.51. The molecule has 2 atom stereocenters. The van der Waals surface area contributed by atoms with Crippen molar-refractivity contribution in [3.63, 3.8) is 0 Å². The Morgan fingerprint density at radius 3 is 2.85 bits per heavy atom. The molecule has 0 spiro atoms. The largest absolute Gasteiger partial charge is 0.380 e. The van der Waals surface area contributed by atoms with Gasteiger partial charge in [0.05, 0.1) is 42.1 Å². The third kappa shape index (κ3) is 3.48. The molecule has 2 aromatic heterocycles. The van der Waals surface area contributed by atoms with Gasteiger partial charge >= 0.3 is 0 Å². The van der Waals surface area contributed by atoms with Crippen molar-refractivity contribution < 1.29 is 13.8 Å². The fourth-order valence-corrected chi connectivity index (χ4v) is 5.35. The molecule has 3 aliphatic rings. The molecule has 1 saturated heterocycles. The van der Waals surface area contributed by atoms with E-state index in [-0.39, 0.29) is 5.91 Å². The number of nitrogens with zero attached hydrogens (tertiary/aromatic N) is 6. The van der Waals surface area contributed by atoms with Gasteiger partial charge in [-0.2, -0.15) is 14.2 Å². The van der Waals surface area contributed by atoms with Crippen LogP contribution in [0.2, 0.25) is 0 Å². The van der Waals surface area contributed by atoms with Gasteiger partial charge in [-0.1, -0.05) is 6.07 Å². The van der Waals surface area contributed by atoms with Gasteiger partial charge < -0.3 is 9.64 Å². The van der Waals surface area contributed by atoms with Gasteiger partial charge in [-0.3, -0.25) is 14.6 Å². The SMILES string of the molecule is CSON1c2ccc(N(P)n3cc4c(n3)CN(C(=O)C3(c5ccc(C)nc5)CCOC3)C4)cc21. The number of amides is 1. The van der Waals surface area contributed by atoms with E-state index in [4.69, 9.17) is 14.1 Å². The molecular formula is C23H25N6O3PS. The Labute approximate surface area is 204 Å². The summed E-state index contributed by atoms with van der Waals surface area (Å²) in [5.74, 6) is 0.0861. The van der Waals surface area contributed by atoms with Crippen molar-refractivity contribution in [1.82, 2.24) is 19.8 Å². The summed E-state index contributed by atoms with van der Waals surface area (Å²) in [6.45, 7) is 3.94. The highest BCUT2D eigenvalue weighted by molar-refractivity contribution is 7.94. The normalized spacial score (nSPS) is 20.4. The first-order valence-electron chi connectivity index (χ1n) is 11.1. The second kappa shape index (κ2) is 8.23. The number of aryl methyl sites for hydroxylation is 1. The van der Waals surface area contributed by atoms with E-state index in [2.05, 4.69) is 20.4 Å². The van der Waals surface area contributed by atoms with Crippen LogP contribution in [0.3, 0.4) is 0 Å². The summed E-state index contributed by atoms with van der Waals surface area (Å²) >= 11 is 1.31. The zero-order valence-corrected chi connectivity index (χ0v) is 20.9. The molecule has 3 aromatic rings. The first-order chi connectivity index (χ1) is 16.5. The van der Waals surface area contributed by atoms with Gasteiger partial charge in [-0.05, 0) is 52.6 Å². The van der Waals surface area contributed by atoms with Gasteiger partial charge in [-0.15, -0.1) is 0 Å². The molecule has 0 aliphatic carbocycles. The third-order valence-electron chi connectivity index (χ3n) is 6.73. The molecule has 34 heavy (non-hydrogen) atoms. The van der Waals surface area contributed by atoms with E-state index in [9.17, 15) is 4.79 Å². The van der Waals surface area contributed by atoms with Gasteiger partial charge in [0.25, 0.3) is 0 Å². The third-order valence-corrected chi connectivity index (χ3v) is 7.56. The Kier molecular flexibility index (Phi) is 5.29. The number of carbonyl (C=O) groups is 1. The van der Waals surface area contributed by atoms with Crippen molar-refractivity contribution in [2.45, 2.75) is 31.8 Å². The molecular weight excluding hydrogens is 471 g/mol. The van der Waals surface area contributed by atoms with Gasteiger partial charge in [0.1, 0.15) is 5.41 Å². The van der Waals surface area contributed by atoms with Crippen LogP contribution in [-0.4, -0.2) is 45.2 Å². The molecule has 2 unspecified atom stereocenters. The highest BCUT2D eigenvalue weighted by atomic mass is 32.2. The number of fused-ring (bicyclic) bond motifs is 2. The monoisotopic (exact) mass is 496 g/mol. The van der Waals surface area contributed by atoms with Gasteiger partial charge in [0, 0.05) is 48.9 Å². The summed E-state index contributed by atoms with van der Waals surface area (Å²) in [6, 6.07) is 10.1. The topological polar surface area (TPSA) is 75.7 Å². The summed E-state index contributed by atoms with van der Waals surface area (Å²) in [7, 11) is 2.71. The molecule has 5 heterocycles. The number of hydrogen-bond donors (Lipinski definition) is 0. The van der Waals surface area contributed by atoms with Crippen molar-refractivity contribution in [2.75, 3.05) is 29.3 Å². The van der Waals surface area contributed by atoms with Crippen molar-refractivity contribution in [2.24, 2.45) is 0 Å². The molecule has 1 aromatic carbocycles. The van der Waals surface area contributed by atoms with E-state index >= 15 is 0 Å². The number of anilines is 3. The minimum Gasteiger partial charge on any atom is -0.380 e. The lowest BCUT2D eigenvalue weighted by Crippen LogP contribution is -2.45. The number of aromatic nitrogens is 3. The van der Waals surface area contributed by atoms with Gasteiger partial charge in [0.15, 0.2) is 0 Å². The fourth-order valence-electron chi connectivity index (χ4n) is 4.76. The zero-order chi connectivity index (χ0) is 23.4. The van der Waals surface area contributed by atoms with E-state index in [1.54, 1.807) is 9.85 Å². The van der Waals surface area contributed by atoms with E-state index in [1.165, 1.54) is 12.0 Å². The van der Waals surface area contributed by atoms with E-state index in [0.717, 1.165) is 39.6 Å². The van der Waals surface area contributed by atoms with Crippen LogP contribution in [0, 0.1) is 6.92 Å². The van der Waals surface area contributed by atoms with E-state index < -0.39 is 5.41 Å². The first-order valence-corrected chi connectivity index (χ1v) is 12.7. The van der Waals surface area contributed by atoms with E-state index in [1.807, 2.05) is 59.5 Å². The van der Waals surface area contributed by atoms with Crippen LogP contribution in [0.4, 0.5) is 17.1 Å². The average molecular weight is 497 g/mol. The molecule has 0 radical (unpaired) electrons. The molecule has 0 saturated carbocycles. The molecule has 3 aliphatic heterocycles. The molecule has 1 fully saturated rings. The molecule has 0 bridgehead atoms. The lowest BCUT2D eigenvalue weighted by molar-refractivity contribution is -0.138. The Bertz CT molecular complexity index is 1240. The highest BCUT2D eigenvalue weighted by Gasteiger charge is 2.47. The molecule has 11 heteroatoms. The Morgan fingerprint density at radius 2 is 2.15 bits per heavy atom. The van der Waals surface area contributed by atoms with Crippen LogP contribution in [0.25, 0.3) is 0 Å². The van der Waals surface area contributed by atoms with E-state index in [0.29, 0.717) is 32.7 Å². The molecule has 1 amide bonds. The van der Waals surface area contributed by atoms with Crippen molar-refractivity contribution >= 4 is 44.4 Å². The lowest BCUT2D eigenvalue weighted by Gasteiger charge is -2.31. The quantitative estimate of drug-likeness (QED) is 0.292.